The van der Waals surface area contributed by atoms with Crippen LogP contribution in [0.15, 0.2) is 36.5 Å². The van der Waals surface area contributed by atoms with Gasteiger partial charge in [-0.3, -0.25) is 0 Å². The maximum absolute atomic E-state index is 13.2. The van der Waals surface area contributed by atoms with Crippen molar-refractivity contribution in [3.63, 3.8) is 0 Å². The van der Waals surface area contributed by atoms with E-state index in [-0.39, 0.29) is 10.9 Å². The largest absolute Gasteiger partial charge is 0.492 e. The zero-order valence-corrected chi connectivity index (χ0v) is 11.9. The second-order valence-corrected chi connectivity index (χ2v) is 4.35. The number of aromatic nitrogens is 1. The van der Waals surface area contributed by atoms with Crippen LogP contribution in [0.5, 0.6) is 5.75 Å². The number of pyridine rings is 1. The summed E-state index contributed by atoms with van der Waals surface area (Å²) in [6.07, 6.45) is 1.51. The molecule has 21 heavy (non-hydrogen) atoms. The molecule has 110 valence electrons. The normalized spacial score (nSPS) is 10.0. The number of hydrogen-bond donors (Lipinski definition) is 2. The highest BCUT2D eigenvalue weighted by Gasteiger charge is 2.10. The molecular formula is C14H13ClFN3O2. The van der Waals surface area contributed by atoms with Crippen LogP contribution in [-0.2, 0) is 0 Å². The van der Waals surface area contributed by atoms with Gasteiger partial charge in [0.1, 0.15) is 11.6 Å². The molecule has 7 heteroatoms. The molecule has 1 heterocycles. The molecule has 0 spiro atoms. The molecular weight excluding hydrogens is 297 g/mol. The predicted octanol–water partition coefficient (Wildman–Crippen LogP) is 3.92. The Kier molecular flexibility index (Phi) is 4.94. The zero-order chi connectivity index (χ0) is 15.2. The Balaban J connectivity index is 2.11. The minimum Gasteiger partial charge on any atom is -0.492 e. The van der Waals surface area contributed by atoms with Crippen LogP contribution >= 0.6 is 11.6 Å². The Bertz CT molecular complexity index is 652. The third-order valence-electron chi connectivity index (χ3n) is 2.50. The summed E-state index contributed by atoms with van der Waals surface area (Å²) in [5, 5.41) is 5.30. The summed E-state index contributed by atoms with van der Waals surface area (Å²) in [5.74, 6) is -0.190. The van der Waals surface area contributed by atoms with Crippen molar-refractivity contribution < 1.29 is 13.9 Å². The molecule has 1 aromatic heterocycles. The lowest BCUT2D eigenvalue weighted by Gasteiger charge is -2.12. The number of ether oxygens (including phenoxy) is 1. The lowest BCUT2D eigenvalue weighted by atomic mass is 10.3. The number of amides is 2. The summed E-state index contributed by atoms with van der Waals surface area (Å²) in [6.45, 7) is 2.12. The SMILES string of the molecule is CCOc1cc(F)ccc1NC(=O)Nc1cccnc1Cl. The first-order chi connectivity index (χ1) is 10.1. The summed E-state index contributed by atoms with van der Waals surface area (Å²) in [7, 11) is 0. The Morgan fingerprint density at radius 1 is 1.33 bits per heavy atom. The number of nitrogens with one attached hydrogen (secondary N) is 2. The van der Waals surface area contributed by atoms with Gasteiger partial charge in [0.25, 0.3) is 0 Å². The van der Waals surface area contributed by atoms with E-state index in [1.807, 2.05) is 0 Å². The van der Waals surface area contributed by atoms with Gasteiger partial charge in [-0.2, -0.15) is 0 Å². The fraction of sp³-hybridized carbons (Fsp3) is 0.143. The third kappa shape index (κ3) is 4.06. The molecule has 0 saturated heterocycles. The molecule has 5 nitrogen and oxygen atoms in total. The summed E-state index contributed by atoms with van der Waals surface area (Å²) >= 11 is 5.85. The van der Waals surface area contributed by atoms with Crippen LogP contribution in [-0.4, -0.2) is 17.6 Å². The van der Waals surface area contributed by atoms with Gasteiger partial charge in [-0.25, -0.2) is 14.2 Å². The van der Waals surface area contributed by atoms with Crippen LogP contribution in [0.25, 0.3) is 0 Å². The van der Waals surface area contributed by atoms with Crippen molar-refractivity contribution in [2.75, 3.05) is 17.2 Å². The Morgan fingerprint density at radius 3 is 2.81 bits per heavy atom. The fourth-order valence-electron chi connectivity index (χ4n) is 1.63. The van der Waals surface area contributed by atoms with Gasteiger partial charge in [0.2, 0.25) is 0 Å². The number of hydrogen-bond acceptors (Lipinski definition) is 3. The minimum absolute atomic E-state index is 0.178. The van der Waals surface area contributed by atoms with Crippen LogP contribution in [0.3, 0.4) is 0 Å². The maximum Gasteiger partial charge on any atom is 0.323 e. The van der Waals surface area contributed by atoms with Crippen molar-refractivity contribution in [3.05, 3.63) is 47.5 Å². The van der Waals surface area contributed by atoms with Gasteiger partial charge < -0.3 is 15.4 Å². The van der Waals surface area contributed by atoms with E-state index in [1.54, 1.807) is 19.1 Å². The molecule has 0 atom stereocenters. The number of anilines is 2. The molecule has 0 aliphatic rings. The first-order valence-corrected chi connectivity index (χ1v) is 6.59. The highest BCUT2D eigenvalue weighted by molar-refractivity contribution is 6.32. The van der Waals surface area contributed by atoms with Gasteiger partial charge in [-0.1, -0.05) is 11.6 Å². The average molecular weight is 310 g/mol. The molecule has 0 fully saturated rings. The molecule has 1 aromatic carbocycles. The number of benzene rings is 1. The lowest BCUT2D eigenvalue weighted by Crippen LogP contribution is -2.20. The van der Waals surface area contributed by atoms with E-state index in [0.29, 0.717) is 18.0 Å². The van der Waals surface area contributed by atoms with Crippen molar-refractivity contribution in [3.8, 4) is 5.75 Å². The summed E-state index contributed by atoms with van der Waals surface area (Å²) < 4.78 is 18.4. The van der Waals surface area contributed by atoms with E-state index >= 15 is 0 Å². The topological polar surface area (TPSA) is 63.2 Å². The van der Waals surface area contributed by atoms with E-state index in [4.69, 9.17) is 16.3 Å². The van der Waals surface area contributed by atoms with Crippen molar-refractivity contribution in [1.29, 1.82) is 0 Å². The van der Waals surface area contributed by atoms with Gasteiger partial charge in [-0.05, 0) is 31.2 Å². The number of rotatable bonds is 4. The number of carbonyl (C=O) groups is 1. The Morgan fingerprint density at radius 2 is 2.10 bits per heavy atom. The average Bonchev–Trinajstić information content (AvgIpc) is 2.45. The highest BCUT2D eigenvalue weighted by atomic mass is 35.5. The van der Waals surface area contributed by atoms with E-state index < -0.39 is 11.8 Å². The molecule has 2 aromatic rings. The molecule has 0 radical (unpaired) electrons. The number of urea groups is 1. The smallest absolute Gasteiger partial charge is 0.323 e. The van der Waals surface area contributed by atoms with Gasteiger partial charge in [0.05, 0.1) is 18.0 Å². The zero-order valence-electron chi connectivity index (χ0n) is 11.2. The van der Waals surface area contributed by atoms with Crippen LogP contribution in [0.1, 0.15) is 6.92 Å². The number of nitrogens with zero attached hydrogens (tertiary/aromatic N) is 1. The Hall–Kier alpha value is -2.34. The van der Waals surface area contributed by atoms with Crippen molar-refractivity contribution in [2.24, 2.45) is 0 Å². The molecule has 0 aliphatic carbocycles. The molecule has 0 saturated carbocycles. The van der Waals surface area contributed by atoms with Gasteiger partial charge >= 0.3 is 6.03 Å². The first kappa shape index (κ1) is 15.1. The van der Waals surface area contributed by atoms with E-state index in [2.05, 4.69) is 15.6 Å². The van der Waals surface area contributed by atoms with E-state index in [0.717, 1.165) is 0 Å². The molecule has 2 rings (SSSR count). The van der Waals surface area contributed by atoms with Crippen LogP contribution < -0.4 is 15.4 Å². The maximum atomic E-state index is 13.2. The molecule has 0 bridgehead atoms. The molecule has 2 N–H and O–H groups in total. The number of halogens is 2. The van der Waals surface area contributed by atoms with Crippen LogP contribution in [0.4, 0.5) is 20.6 Å². The lowest BCUT2D eigenvalue weighted by molar-refractivity contribution is 0.262. The van der Waals surface area contributed by atoms with Gasteiger partial charge in [0.15, 0.2) is 5.15 Å². The van der Waals surface area contributed by atoms with E-state index in [9.17, 15) is 9.18 Å². The van der Waals surface area contributed by atoms with Crippen molar-refractivity contribution in [1.82, 2.24) is 4.98 Å². The van der Waals surface area contributed by atoms with Crippen molar-refractivity contribution in [2.45, 2.75) is 6.92 Å². The molecule has 2 amide bonds. The standard InChI is InChI=1S/C14H13ClFN3O2/c1-2-21-12-8-9(16)5-6-10(12)18-14(20)19-11-4-3-7-17-13(11)15/h3-8H,2H2,1H3,(H2,18,19,20). The van der Waals surface area contributed by atoms with Crippen LogP contribution in [0.2, 0.25) is 5.15 Å². The second-order valence-electron chi connectivity index (χ2n) is 3.99. The first-order valence-electron chi connectivity index (χ1n) is 6.21. The quantitative estimate of drug-likeness (QED) is 0.841. The highest BCUT2D eigenvalue weighted by Crippen LogP contribution is 2.26. The second kappa shape index (κ2) is 6.90. The van der Waals surface area contributed by atoms with Crippen LogP contribution in [0, 0.1) is 5.82 Å². The summed E-state index contributed by atoms with van der Waals surface area (Å²) in [5.41, 5.74) is 0.729. The van der Waals surface area contributed by atoms with E-state index in [1.165, 1.54) is 24.4 Å². The summed E-state index contributed by atoms with van der Waals surface area (Å²) in [6, 6.07) is 6.59. The monoisotopic (exact) mass is 309 g/mol. The summed E-state index contributed by atoms with van der Waals surface area (Å²) in [4.78, 5) is 15.8. The van der Waals surface area contributed by atoms with Gasteiger partial charge in [-0.15, -0.1) is 0 Å². The predicted molar refractivity (Wildman–Crippen MR) is 79.5 cm³/mol. The van der Waals surface area contributed by atoms with Crippen molar-refractivity contribution >= 4 is 29.0 Å². The third-order valence-corrected chi connectivity index (χ3v) is 2.80. The molecule has 0 aliphatic heterocycles. The Labute approximate surface area is 126 Å². The van der Waals surface area contributed by atoms with Gasteiger partial charge in [0, 0.05) is 12.3 Å². The fourth-order valence-corrected chi connectivity index (χ4v) is 1.80. The number of carbonyl (C=O) groups excluding carboxylic acids is 1. The minimum atomic E-state index is -0.530. The molecule has 0 unspecified atom stereocenters.